The van der Waals surface area contributed by atoms with Crippen LogP contribution in [0.5, 0.6) is 0 Å². The number of hydrogen-bond donors (Lipinski definition) is 1. The Bertz CT molecular complexity index is 549. The van der Waals surface area contributed by atoms with Crippen LogP contribution in [0.4, 0.5) is 11.4 Å². The SMILES string of the molecule is CNC(=O)C(CCC=O)N(C=O)c1cccc(Br)c1N(C)C. The average Bonchev–Trinajstić information content (AvgIpc) is 2.50. The third-order valence-electron chi connectivity index (χ3n) is 3.25. The molecular weight excluding hydrogens is 350 g/mol. The van der Waals surface area contributed by atoms with E-state index in [2.05, 4.69) is 21.2 Å². The number of likely N-dealkylation sites (N-methyl/N-ethyl adjacent to an activating group) is 1. The number of rotatable bonds is 8. The summed E-state index contributed by atoms with van der Waals surface area (Å²) in [5.74, 6) is -0.307. The molecule has 1 atom stereocenters. The standard InChI is InChI=1S/C15H20BrN3O3/c1-17-15(22)13(8-5-9-20)19(10-21)12-7-4-6-11(16)14(12)18(2)3/h4,6-7,9-10,13H,5,8H2,1-3H3,(H,17,22). The number of nitrogens with zero attached hydrogens (tertiary/aromatic N) is 2. The van der Waals surface area contributed by atoms with Gasteiger partial charge in [0.1, 0.15) is 12.3 Å². The van der Waals surface area contributed by atoms with Gasteiger partial charge in [0.25, 0.3) is 0 Å². The molecular formula is C15H20BrN3O3. The number of nitrogens with one attached hydrogen (secondary N) is 1. The van der Waals surface area contributed by atoms with Crippen molar-refractivity contribution in [3.63, 3.8) is 0 Å². The summed E-state index contributed by atoms with van der Waals surface area (Å²) in [7, 11) is 5.22. The van der Waals surface area contributed by atoms with Crippen LogP contribution in [0.25, 0.3) is 0 Å². The predicted octanol–water partition coefficient (Wildman–Crippen LogP) is 1.57. The van der Waals surface area contributed by atoms with Crippen LogP contribution in [0.15, 0.2) is 22.7 Å². The molecule has 7 heteroatoms. The molecule has 0 heterocycles. The molecule has 0 saturated carbocycles. The topological polar surface area (TPSA) is 69.7 Å². The molecule has 22 heavy (non-hydrogen) atoms. The summed E-state index contributed by atoms with van der Waals surface area (Å²) in [6.07, 6.45) is 1.83. The molecule has 0 aliphatic carbocycles. The number of hydrogen-bond acceptors (Lipinski definition) is 4. The Hall–Kier alpha value is -1.89. The summed E-state index contributed by atoms with van der Waals surface area (Å²) in [5, 5.41) is 2.54. The van der Waals surface area contributed by atoms with Crippen molar-refractivity contribution >= 4 is 45.9 Å². The number of aldehydes is 1. The number of para-hydroxylation sites is 1. The molecule has 0 aliphatic heterocycles. The number of carbonyl (C=O) groups excluding carboxylic acids is 3. The molecule has 1 aromatic rings. The van der Waals surface area contributed by atoms with Crippen molar-refractivity contribution in [3.8, 4) is 0 Å². The van der Waals surface area contributed by atoms with Gasteiger partial charge in [0.05, 0.1) is 11.4 Å². The van der Waals surface area contributed by atoms with Gasteiger partial charge in [-0.25, -0.2) is 0 Å². The summed E-state index contributed by atoms with van der Waals surface area (Å²) < 4.78 is 0.813. The smallest absolute Gasteiger partial charge is 0.242 e. The zero-order valence-corrected chi connectivity index (χ0v) is 14.5. The number of carbonyl (C=O) groups is 3. The van der Waals surface area contributed by atoms with Gasteiger partial charge in [-0.3, -0.25) is 9.59 Å². The molecule has 0 saturated heterocycles. The van der Waals surface area contributed by atoms with Gasteiger partial charge in [0, 0.05) is 32.0 Å². The van der Waals surface area contributed by atoms with Gasteiger partial charge in [0.15, 0.2) is 0 Å². The van der Waals surface area contributed by atoms with Gasteiger partial charge < -0.3 is 19.9 Å². The van der Waals surface area contributed by atoms with Crippen molar-refractivity contribution in [3.05, 3.63) is 22.7 Å². The quantitative estimate of drug-likeness (QED) is 0.706. The molecule has 2 amide bonds. The number of amides is 2. The molecule has 0 bridgehead atoms. The van der Waals surface area contributed by atoms with E-state index in [9.17, 15) is 14.4 Å². The van der Waals surface area contributed by atoms with E-state index in [4.69, 9.17) is 0 Å². The van der Waals surface area contributed by atoms with Crippen LogP contribution in [0.2, 0.25) is 0 Å². The highest BCUT2D eigenvalue weighted by atomic mass is 79.9. The lowest BCUT2D eigenvalue weighted by Gasteiger charge is -2.30. The van der Waals surface area contributed by atoms with Crippen molar-refractivity contribution in [2.75, 3.05) is 30.9 Å². The van der Waals surface area contributed by atoms with Crippen molar-refractivity contribution in [1.29, 1.82) is 0 Å². The maximum atomic E-state index is 12.1. The summed E-state index contributed by atoms with van der Waals surface area (Å²) in [6, 6.07) is 4.69. The largest absolute Gasteiger partial charge is 0.375 e. The van der Waals surface area contributed by atoms with Crippen LogP contribution < -0.4 is 15.1 Å². The molecule has 120 valence electrons. The molecule has 1 N–H and O–H groups in total. The highest BCUT2D eigenvalue weighted by Crippen LogP contribution is 2.36. The molecule has 1 unspecified atom stereocenters. The fourth-order valence-electron chi connectivity index (χ4n) is 2.24. The predicted molar refractivity (Wildman–Crippen MR) is 90.2 cm³/mol. The van der Waals surface area contributed by atoms with Crippen LogP contribution in [-0.2, 0) is 14.4 Å². The van der Waals surface area contributed by atoms with Crippen molar-refractivity contribution in [2.45, 2.75) is 18.9 Å². The highest BCUT2D eigenvalue weighted by molar-refractivity contribution is 9.10. The van der Waals surface area contributed by atoms with Gasteiger partial charge in [-0.1, -0.05) is 6.07 Å². The van der Waals surface area contributed by atoms with E-state index >= 15 is 0 Å². The first kappa shape index (κ1) is 18.2. The van der Waals surface area contributed by atoms with E-state index in [-0.39, 0.29) is 18.7 Å². The number of anilines is 2. The second-order valence-electron chi connectivity index (χ2n) is 4.89. The Kier molecular flexibility index (Phi) is 7.04. The van der Waals surface area contributed by atoms with Gasteiger partial charge in [0.2, 0.25) is 12.3 Å². The van der Waals surface area contributed by atoms with Crippen molar-refractivity contribution in [2.24, 2.45) is 0 Å². The minimum atomic E-state index is -0.735. The van der Waals surface area contributed by atoms with E-state index in [1.165, 1.54) is 11.9 Å². The fraction of sp³-hybridized carbons (Fsp3) is 0.400. The van der Waals surface area contributed by atoms with Crippen LogP contribution in [0, 0.1) is 0 Å². The molecule has 0 fully saturated rings. The normalized spacial score (nSPS) is 11.5. The van der Waals surface area contributed by atoms with Gasteiger partial charge in [-0.05, 0) is 34.5 Å². The summed E-state index contributed by atoms with van der Waals surface area (Å²) >= 11 is 3.46. The van der Waals surface area contributed by atoms with E-state index < -0.39 is 6.04 Å². The minimum absolute atomic E-state index is 0.202. The lowest BCUT2D eigenvalue weighted by Crippen LogP contribution is -2.46. The van der Waals surface area contributed by atoms with Crippen molar-refractivity contribution in [1.82, 2.24) is 5.32 Å². The molecule has 0 aromatic heterocycles. The summed E-state index contributed by atoms with van der Waals surface area (Å²) in [5.41, 5.74) is 1.39. The molecule has 0 radical (unpaired) electrons. The van der Waals surface area contributed by atoms with E-state index in [0.717, 1.165) is 16.4 Å². The second-order valence-corrected chi connectivity index (χ2v) is 5.74. The highest BCUT2D eigenvalue weighted by Gasteiger charge is 2.27. The third kappa shape index (κ3) is 4.07. The third-order valence-corrected chi connectivity index (χ3v) is 3.89. The Morgan fingerprint density at radius 2 is 2.05 bits per heavy atom. The van der Waals surface area contributed by atoms with E-state index in [1.807, 2.05) is 25.1 Å². The first-order valence-corrected chi connectivity index (χ1v) is 7.61. The number of halogens is 1. The summed E-state index contributed by atoms with van der Waals surface area (Å²) in [6.45, 7) is 0. The first-order chi connectivity index (χ1) is 10.5. The number of benzene rings is 1. The van der Waals surface area contributed by atoms with Crippen LogP contribution >= 0.6 is 15.9 Å². The molecule has 0 spiro atoms. The maximum absolute atomic E-state index is 12.1. The zero-order chi connectivity index (χ0) is 16.7. The lowest BCUT2D eigenvalue weighted by atomic mass is 10.1. The van der Waals surface area contributed by atoms with Crippen LogP contribution in [-0.4, -0.2) is 45.8 Å². The maximum Gasteiger partial charge on any atom is 0.242 e. The Morgan fingerprint density at radius 3 is 2.55 bits per heavy atom. The molecule has 6 nitrogen and oxygen atoms in total. The molecule has 1 aromatic carbocycles. The van der Waals surface area contributed by atoms with Crippen LogP contribution in [0.1, 0.15) is 12.8 Å². The Morgan fingerprint density at radius 1 is 1.36 bits per heavy atom. The van der Waals surface area contributed by atoms with Crippen molar-refractivity contribution < 1.29 is 14.4 Å². The molecule has 0 aliphatic rings. The lowest BCUT2D eigenvalue weighted by molar-refractivity contribution is -0.123. The van der Waals surface area contributed by atoms with Gasteiger partial charge in [-0.15, -0.1) is 0 Å². The second kappa shape index (κ2) is 8.53. The Labute approximate surface area is 138 Å². The average molecular weight is 370 g/mol. The van der Waals surface area contributed by atoms with E-state index in [0.29, 0.717) is 12.1 Å². The minimum Gasteiger partial charge on any atom is -0.375 e. The molecule has 1 rings (SSSR count). The fourth-order valence-corrected chi connectivity index (χ4v) is 2.95. The van der Waals surface area contributed by atoms with Gasteiger partial charge in [-0.2, -0.15) is 0 Å². The monoisotopic (exact) mass is 369 g/mol. The first-order valence-electron chi connectivity index (χ1n) is 6.82. The summed E-state index contributed by atoms with van der Waals surface area (Å²) in [4.78, 5) is 37.6. The van der Waals surface area contributed by atoms with E-state index in [1.54, 1.807) is 12.1 Å². The zero-order valence-electron chi connectivity index (χ0n) is 12.9. The Balaban J connectivity index is 3.33. The van der Waals surface area contributed by atoms with Gasteiger partial charge >= 0.3 is 0 Å². The van der Waals surface area contributed by atoms with Crippen LogP contribution in [0.3, 0.4) is 0 Å².